The highest BCUT2D eigenvalue weighted by atomic mass is 16.5. The van der Waals surface area contributed by atoms with Crippen LogP contribution in [0.3, 0.4) is 0 Å². The van der Waals surface area contributed by atoms with Crippen molar-refractivity contribution in [1.82, 2.24) is 4.90 Å². The van der Waals surface area contributed by atoms with Gasteiger partial charge in [-0.25, -0.2) is 0 Å². The fourth-order valence-electron chi connectivity index (χ4n) is 3.77. The Labute approximate surface area is 146 Å². The molecule has 0 amide bonds. The van der Waals surface area contributed by atoms with Crippen molar-refractivity contribution in [3.63, 3.8) is 0 Å². The van der Waals surface area contributed by atoms with Crippen molar-refractivity contribution in [2.45, 2.75) is 44.6 Å². The average molecular weight is 323 g/mol. The second-order valence-electron chi connectivity index (χ2n) is 7.06. The zero-order valence-corrected chi connectivity index (χ0v) is 14.9. The van der Waals surface area contributed by atoms with Crippen molar-refractivity contribution in [2.75, 3.05) is 20.2 Å². The molecule has 128 valence electrons. The van der Waals surface area contributed by atoms with Gasteiger partial charge >= 0.3 is 0 Å². The van der Waals surface area contributed by atoms with E-state index >= 15 is 0 Å². The molecule has 0 spiro atoms. The molecular weight excluding hydrogens is 294 g/mol. The van der Waals surface area contributed by atoms with E-state index in [2.05, 4.69) is 67.4 Å². The Bertz CT molecular complexity index is 617. The third kappa shape index (κ3) is 4.61. The lowest BCUT2D eigenvalue weighted by Gasteiger charge is -2.34. The van der Waals surface area contributed by atoms with Crippen LogP contribution >= 0.6 is 0 Å². The van der Waals surface area contributed by atoms with E-state index in [1.165, 1.54) is 36.8 Å². The van der Waals surface area contributed by atoms with Crippen LogP contribution in [0.1, 0.15) is 42.7 Å². The van der Waals surface area contributed by atoms with Gasteiger partial charge in [-0.1, -0.05) is 42.5 Å². The SMILES string of the molecule is Cc1cccc(OCCN(C)C2CCC(c3ccccc3)CC2)c1. The Morgan fingerprint density at radius 2 is 1.71 bits per heavy atom. The molecule has 2 heteroatoms. The molecule has 0 radical (unpaired) electrons. The first-order valence-corrected chi connectivity index (χ1v) is 9.17. The average Bonchev–Trinajstić information content (AvgIpc) is 2.63. The van der Waals surface area contributed by atoms with Crippen LogP contribution in [0.2, 0.25) is 0 Å². The quantitative estimate of drug-likeness (QED) is 0.739. The van der Waals surface area contributed by atoms with Crippen LogP contribution in [0.5, 0.6) is 5.75 Å². The van der Waals surface area contributed by atoms with Gasteiger partial charge in [0.25, 0.3) is 0 Å². The predicted octanol–water partition coefficient (Wildman–Crippen LogP) is 5.03. The molecule has 0 unspecified atom stereocenters. The summed E-state index contributed by atoms with van der Waals surface area (Å²) in [7, 11) is 2.24. The number of hydrogen-bond donors (Lipinski definition) is 0. The Balaban J connectivity index is 1.41. The van der Waals surface area contributed by atoms with Gasteiger partial charge < -0.3 is 9.64 Å². The Kier molecular flexibility index (Phi) is 5.92. The first-order chi connectivity index (χ1) is 11.7. The van der Waals surface area contributed by atoms with Gasteiger partial charge in [-0.2, -0.15) is 0 Å². The monoisotopic (exact) mass is 323 g/mol. The summed E-state index contributed by atoms with van der Waals surface area (Å²) in [5, 5.41) is 0. The molecule has 0 aromatic heterocycles. The fraction of sp³-hybridized carbons (Fsp3) is 0.455. The van der Waals surface area contributed by atoms with E-state index in [9.17, 15) is 0 Å². The number of benzene rings is 2. The van der Waals surface area contributed by atoms with Crippen molar-refractivity contribution in [3.05, 3.63) is 65.7 Å². The first kappa shape index (κ1) is 17.0. The highest BCUT2D eigenvalue weighted by Gasteiger charge is 2.24. The van der Waals surface area contributed by atoms with Gasteiger partial charge in [0.15, 0.2) is 0 Å². The van der Waals surface area contributed by atoms with Crippen LogP contribution in [0.15, 0.2) is 54.6 Å². The van der Waals surface area contributed by atoms with E-state index in [4.69, 9.17) is 4.74 Å². The van der Waals surface area contributed by atoms with Crippen molar-refractivity contribution in [2.24, 2.45) is 0 Å². The number of hydrogen-bond acceptors (Lipinski definition) is 2. The third-order valence-electron chi connectivity index (χ3n) is 5.29. The Morgan fingerprint density at radius 1 is 0.958 bits per heavy atom. The minimum atomic E-state index is 0.700. The molecule has 1 saturated carbocycles. The van der Waals surface area contributed by atoms with Gasteiger partial charge in [0.2, 0.25) is 0 Å². The Hall–Kier alpha value is -1.80. The van der Waals surface area contributed by atoms with Crippen molar-refractivity contribution in [1.29, 1.82) is 0 Å². The van der Waals surface area contributed by atoms with E-state index < -0.39 is 0 Å². The molecule has 1 aliphatic rings. The number of likely N-dealkylation sites (N-methyl/N-ethyl adjacent to an activating group) is 1. The molecule has 24 heavy (non-hydrogen) atoms. The van der Waals surface area contributed by atoms with E-state index in [1.54, 1.807) is 0 Å². The van der Waals surface area contributed by atoms with Gasteiger partial charge in [0.05, 0.1) is 0 Å². The van der Waals surface area contributed by atoms with Gasteiger partial charge in [0, 0.05) is 12.6 Å². The van der Waals surface area contributed by atoms with Crippen LogP contribution in [0.25, 0.3) is 0 Å². The van der Waals surface area contributed by atoms with E-state index in [1.807, 2.05) is 6.07 Å². The molecule has 0 bridgehead atoms. The molecule has 0 heterocycles. The van der Waals surface area contributed by atoms with Gasteiger partial charge in [-0.15, -0.1) is 0 Å². The highest BCUT2D eigenvalue weighted by Crippen LogP contribution is 2.34. The Morgan fingerprint density at radius 3 is 2.42 bits per heavy atom. The van der Waals surface area contributed by atoms with Crippen molar-refractivity contribution < 1.29 is 4.74 Å². The molecule has 3 rings (SSSR count). The summed E-state index contributed by atoms with van der Waals surface area (Å²) < 4.78 is 5.90. The zero-order valence-electron chi connectivity index (χ0n) is 14.9. The topological polar surface area (TPSA) is 12.5 Å². The van der Waals surface area contributed by atoms with E-state index in [0.717, 1.165) is 24.8 Å². The number of rotatable bonds is 6. The molecule has 2 aromatic rings. The summed E-state index contributed by atoms with van der Waals surface area (Å²) >= 11 is 0. The molecule has 2 nitrogen and oxygen atoms in total. The molecule has 0 N–H and O–H groups in total. The summed E-state index contributed by atoms with van der Waals surface area (Å²) in [5.74, 6) is 1.73. The lowest BCUT2D eigenvalue weighted by Crippen LogP contribution is -2.37. The maximum absolute atomic E-state index is 5.90. The zero-order chi connectivity index (χ0) is 16.8. The number of nitrogens with zero attached hydrogens (tertiary/aromatic N) is 1. The highest BCUT2D eigenvalue weighted by molar-refractivity contribution is 5.27. The maximum Gasteiger partial charge on any atom is 0.119 e. The standard InChI is InChI=1S/C22H29NO/c1-18-7-6-10-22(17-18)24-16-15-23(2)21-13-11-20(12-14-21)19-8-4-3-5-9-19/h3-10,17,20-21H,11-16H2,1-2H3. The second-order valence-corrected chi connectivity index (χ2v) is 7.06. The van der Waals surface area contributed by atoms with E-state index in [-0.39, 0.29) is 0 Å². The summed E-state index contributed by atoms with van der Waals surface area (Å²) in [6.45, 7) is 3.86. The molecule has 2 aromatic carbocycles. The van der Waals surface area contributed by atoms with Crippen LogP contribution < -0.4 is 4.74 Å². The summed E-state index contributed by atoms with van der Waals surface area (Å²) in [4.78, 5) is 2.48. The first-order valence-electron chi connectivity index (χ1n) is 9.17. The smallest absolute Gasteiger partial charge is 0.119 e. The van der Waals surface area contributed by atoms with Crippen LogP contribution in [-0.2, 0) is 0 Å². The normalized spacial score (nSPS) is 21.0. The molecule has 0 aliphatic heterocycles. The lowest BCUT2D eigenvalue weighted by atomic mass is 9.81. The van der Waals surface area contributed by atoms with Crippen LogP contribution in [0, 0.1) is 6.92 Å². The summed E-state index contributed by atoms with van der Waals surface area (Å²) in [6, 6.07) is 20.0. The number of ether oxygens (including phenoxy) is 1. The molecule has 0 saturated heterocycles. The van der Waals surface area contributed by atoms with Crippen LogP contribution in [0.4, 0.5) is 0 Å². The largest absolute Gasteiger partial charge is 0.492 e. The van der Waals surface area contributed by atoms with Gasteiger partial charge in [0.1, 0.15) is 12.4 Å². The molecule has 1 fully saturated rings. The minimum absolute atomic E-state index is 0.700. The van der Waals surface area contributed by atoms with Gasteiger partial charge in [-0.05, 0) is 68.8 Å². The summed E-state index contributed by atoms with van der Waals surface area (Å²) in [5.41, 5.74) is 2.77. The van der Waals surface area contributed by atoms with Crippen LogP contribution in [-0.4, -0.2) is 31.1 Å². The lowest BCUT2D eigenvalue weighted by molar-refractivity contribution is 0.154. The van der Waals surface area contributed by atoms with Crippen molar-refractivity contribution in [3.8, 4) is 5.75 Å². The third-order valence-corrected chi connectivity index (χ3v) is 5.29. The molecule has 0 atom stereocenters. The summed E-state index contributed by atoms with van der Waals surface area (Å²) in [6.07, 6.45) is 5.19. The predicted molar refractivity (Wildman–Crippen MR) is 101 cm³/mol. The number of aryl methyl sites for hydroxylation is 1. The molecule has 1 aliphatic carbocycles. The van der Waals surface area contributed by atoms with Crippen molar-refractivity contribution >= 4 is 0 Å². The van der Waals surface area contributed by atoms with E-state index in [0.29, 0.717) is 6.04 Å². The second kappa shape index (κ2) is 8.34. The molecular formula is C22H29NO. The van der Waals surface area contributed by atoms with Gasteiger partial charge in [-0.3, -0.25) is 0 Å². The fourth-order valence-corrected chi connectivity index (χ4v) is 3.77. The maximum atomic E-state index is 5.90. The minimum Gasteiger partial charge on any atom is -0.492 e.